The summed E-state index contributed by atoms with van der Waals surface area (Å²) in [5, 5.41) is 10.7. The normalized spacial score (nSPS) is 14.3. The quantitative estimate of drug-likeness (QED) is 0.0222. The highest BCUT2D eigenvalue weighted by Gasteiger charge is 2.31. The molecule has 4 unspecified atom stereocenters. The topological polar surface area (TPSA) is 237 Å². The summed E-state index contributed by atoms with van der Waals surface area (Å²) >= 11 is 0. The van der Waals surface area contributed by atoms with Gasteiger partial charge >= 0.3 is 39.5 Å². The van der Waals surface area contributed by atoms with E-state index in [0.29, 0.717) is 25.7 Å². The highest BCUT2D eigenvalue weighted by atomic mass is 31.2. The molecule has 3 N–H and O–H groups in total. The number of carbonyl (C=O) groups is 4. The number of hydrogen-bond acceptors (Lipinski definition) is 15. The Hall–Kier alpha value is -1.94. The zero-order chi connectivity index (χ0) is 80.0. The highest BCUT2D eigenvalue weighted by Crippen LogP contribution is 2.45. The van der Waals surface area contributed by atoms with Gasteiger partial charge in [0, 0.05) is 25.7 Å². The second-order valence-corrected chi connectivity index (χ2v) is 36.2. The molecule has 0 amide bonds. The molecule has 0 heterocycles. The molecule has 648 valence electrons. The fraction of sp³-hybridized carbons (Fsp3) is 0.956. The number of aliphatic hydroxyl groups excluding tert-OH is 1. The average Bonchev–Trinajstić information content (AvgIpc) is 0.902. The largest absolute Gasteiger partial charge is 0.472 e. The number of carbonyl (C=O) groups excluding carboxylic acids is 4. The predicted molar refractivity (Wildman–Crippen MR) is 451 cm³/mol. The first kappa shape index (κ1) is 107. The minimum Gasteiger partial charge on any atom is -0.462 e. The molecule has 0 aliphatic heterocycles. The van der Waals surface area contributed by atoms with Crippen molar-refractivity contribution in [2.75, 3.05) is 39.6 Å². The van der Waals surface area contributed by atoms with Crippen molar-refractivity contribution in [3.63, 3.8) is 0 Å². The maximum absolute atomic E-state index is 13.2. The Kier molecular flexibility index (Phi) is 78.5. The molecule has 0 aromatic rings. The molecule has 0 aliphatic carbocycles. The number of phosphoric ester groups is 2. The lowest BCUT2D eigenvalue weighted by Crippen LogP contribution is -2.30. The lowest BCUT2D eigenvalue weighted by Gasteiger charge is -2.21. The number of rotatable bonds is 88. The molecule has 0 aromatic carbocycles. The van der Waals surface area contributed by atoms with Crippen LogP contribution in [0.2, 0.25) is 0 Å². The number of hydrogen-bond donors (Lipinski definition) is 3. The van der Waals surface area contributed by atoms with Crippen molar-refractivity contribution in [3.8, 4) is 0 Å². The molecule has 0 spiro atoms. The number of ether oxygens (including phenoxy) is 4. The van der Waals surface area contributed by atoms with Crippen LogP contribution in [0, 0.1) is 17.8 Å². The summed E-state index contributed by atoms with van der Waals surface area (Å²) in [6, 6.07) is 0. The van der Waals surface area contributed by atoms with Crippen LogP contribution in [0.5, 0.6) is 0 Å². The maximum Gasteiger partial charge on any atom is 0.472 e. The zero-order valence-corrected chi connectivity index (χ0v) is 73.8. The van der Waals surface area contributed by atoms with E-state index in [1.807, 2.05) is 0 Å². The first-order chi connectivity index (χ1) is 52.8. The van der Waals surface area contributed by atoms with E-state index in [2.05, 4.69) is 48.5 Å². The van der Waals surface area contributed by atoms with E-state index in [-0.39, 0.29) is 25.7 Å². The van der Waals surface area contributed by atoms with Gasteiger partial charge in [-0.25, -0.2) is 9.13 Å². The van der Waals surface area contributed by atoms with Crippen molar-refractivity contribution in [1.82, 2.24) is 0 Å². The molecule has 0 bridgehead atoms. The Morgan fingerprint density at radius 3 is 0.697 bits per heavy atom. The molecule has 0 radical (unpaired) electrons. The fourth-order valence-electron chi connectivity index (χ4n) is 14.0. The van der Waals surface area contributed by atoms with E-state index < -0.39 is 97.5 Å². The summed E-state index contributed by atoms with van der Waals surface area (Å²) in [6.45, 7) is 12.1. The second kappa shape index (κ2) is 79.9. The highest BCUT2D eigenvalue weighted by molar-refractivity contribution is 7.47. The van der Waals surface area contributed by atoms with E-state index in [0.717, 1.165) is 108 Å². The van der Waals surface area contributed by atoms with Crippen molar-refractivity contribution in [2.45, 2.75) is 497 Å². The lowest BCUT2D eigenvalue weighted by atomic mass is 9.99. The average molecular weight is 1590 g/mol. The van der Waals surface area contributed by atoms with E-state index in [4.69, 9.17) is 37.0 Å². The summed E-state index contributed by atoms with van der Waals surface area (Å²) in [5.74, 6) is 0.322. The van der Waals surface area contributed by atoms with Gasteiger partial charge in [-0.05, 0) is 43.4 Å². The molecule has 17 nitrogen and oxygen atoms in total. The van der Waals surface area contributed by atoms with Crippen LogP contribution in [0.25, 0.3) is 0 Å². The standard InChI is InChI=1S/C90H176O17P2/c1-8-11-12-13-14-15-16-17-18-19-20-21-22-23-24-25-33-38-43-52-59-66-73-89(94)106-85(77-100-87(92)71-64-57-50-42-37-32-29-27-31-36-41-48-55-62-69-82(6)9-2)79-104-108(96,97)102-75-84(91)76-103-109(98,99)105-80-86(78-101-88(93)72-65-58-51-46-45-49-56-63-70-83(7)10-3)107-90(95)74-67-60-53-44-39-34-28-26-30-35-40-47-54-61-68-81(4)5/h81-86,91H,8-80H2,1-7H3,(H,96,97)(H,98,99)/t82?,83?,84-,85-,86-/m1/s1. The first-order valence-electron chi connectivity index (χ1n) is 46.4. The molecule has 0 fully saturated rings. The molecule has 0 saturated carbocycles. The number of phosphoric acid groups is 2. The van der Waals surface area contributed by atoms with Gasteiger partial charge in [0.1, 0.15) is 19.3 Å². The zero-order valence-electron chi connectivity index (χ0n) is 72.0. The van der Waals surface area contributed by atoms with E-state index in [9.17, 15) is 43.2 Å². The first-order valence-corrected chi connectivity index (χ1v) is 49.4. The molecule has 19 heteroatoms. The third-order valence-corrected chi connectivity index (χ3v) is 23.8. The molecule has 0 aromatic heterocycles. The van der Waals surface area contributed by atoms with Crippen LogP contribution in [-0.4, -0.2) is 96.7 Å². The van der Waals surface area contributed by atoms with Crippen LogP contribution < -0.4 is 0 Å². The van der Waals surface area contributed by atoms with Gasteiger partial charge in [0.25, 0.3) is 0 Å². The van der Waals surface area contributed by atoms with Crippen LogP contribution in [-0.2, 0) is 65.4 Å². The number of unbranched alkanes of at least 4 members (excludes halogenated alkanes) is 54. The molecule has 0 aliphatic rings. The Morgan fingerprint density at radius 2 is 0.468 bits per heavy atom. The monoisotopic (exact) mass is 1590 g/mol. The Bertz CT molecular complexity index is 2100. The van der Waals surface area contributed by atoms with Crippen LogP contribution in [0.15, 0.2) is 0 Å². The summed E-state index contributed by atoms with van der Waals surface area (Å²) in [5.41, 5.74) is 0. The number of esters is 4. The SMILES string of the molecule is CCCCCCCCCCCCCCCCCCCCCCCCC(=O)O[C@H](COC(=O)CCCCCCCCCCCCCCCCC(C)CC)COP(=O)(O)OC[C@@H](O)COP(=O)(O)OC[C@@H](COC(=O)CCCCCCCCCCC(C)CC)OC(=O)CCCCCCCCCCCCCCCCC(C)C. The Labute approximate surface area is 670 Å². The summed E-state index contributed by atoms with van der Waals surface area (Å²) in [7, 11) is -9.94. The summed E-state index contributed by atoms with van der Waals surface area (Å²) in [6.07, 6.45) is 72.2. The molecule has 0 saturated heterocycles. The van der Waals surface area contributed by atoms with Crippen molar-refractivity contribution >= 4 is 39.5 Å². The third-order valence-electron chi connectivity index (χ3n) is 21.9. The van der Waals surface area contributed by atoms with E-state index in [1.165, 1.54) is 289 Å². The van der Waals surface area contributed by atoms with Crippen LogP contribution in [0.1, 0.15) is 479 Å². The minimum atomic E-state index is -4.97. The summed E-state index contributed by atoms with van der Waals surface area (Å²) < 4.78 is 69.1. The third kappa shape index (κ3) is 81.0. The Balaban J connectivity index is 5.25. The van der Waals surface area contributed by atoms with Crippen molar-refractivity contribution in [3.05, 3.63) is 0 Å². The maximum atomic E-state index is 13.2. The van der Waals surface area contributed by atoms with Gasteiger partial charge < -0.3 is 33.8 Å². The van der Waals surface area contributed by atoms with Gasteiger partial charge in [-0.1, -0.05) is 427 Å². The van der Waals surface area contributed by atoms with Gasteiger partial charge in [0.2, 0.25) is 0 Å². The van der Waals surface area contributed by atoms with Gasteiger partial charge in [0.15, 0.2) is 12.2 Å². The van der Waals surface area contributed by atoms with E-state index >= 15 is 0 Å². The van der Waals surface area contributed by atoms with Crippen LogP contribution in [0.3, 0.4) is 0 Å². The van der Waals surface area contributed by atoms with Gasteiger partial charge in [-0.15, -0.1) is 0 Å². The fourth-order valence-corrected chi connectivity index (χ4v) is 15.6. The molecule has 0 rings (SSSR count). The lowest BCUT2D eigenvalue weighted by molar-refractivity contribution is -0.161. The molecule has 7 atom stereocenters. The van der Waals surface area contributed by atoms with E-state index in [1.54, 1.807) is 0 Å². The van der Waals surface area contributed by atoms with Crippen LogP contribution >= 0.6 is 15.6 Å². The minimum absolute atomic E-state index is 0.107. The number of aliphatic hydroxyl groups is 1. The molecular weight excluding hydrogens is 1410 g/mol. The van der Waals surface area contributed by atoms with Gasteiger partial charge in [-0.2, -0.15) is 0 Å². The predicted octanol–water partition coefficient (Wildman–Crippen LogP) is 27.6. The van der Waals surface area contributed by atoms with Gasteiger partial charge in [0.05, 0.1) is 26.4 Å². The molecule has 109 heavy (non-hydrogen) atoms. The smallest absolute Gasteiger partial charge is 0.462 e. The summed E-state index contributed by atoms with van der Waals surface area (Å²) in [4.78, 5) is 73.4. The Morgan fingerprint density at radius 1 is 0.266 bits per heavy atom. The van der Waals surface area contributed by atoms with Crippen LogP contribution in [0.4, 0.5) is 0 Å². The molecular formula is C90H176O17P2. The van der Waals surface area contributed by atoms with Crippen molar-refractivity contribution in [1.29, 1.82) is 0 Å². The van der Waals surface area contributed by atoms with Gasteiger partial charge in [-0.3, -0.25) is 37.3 Å². The second-order valence-electron chi connectivity index (χ2n) is 33.3. The van der Waals surface area contributed by atoms with Crippen molar-refractivity contribution < 1.29 is 80.2 Å². The van der Waals surface area contributed by atoms with Crippen molar-refractivity contribution in [2.24, 2.45) is 17.8 Å².